The number of fused-ring (bicyclic) bond motifs is 3. The highest BCUT2D eigenvalue weighted by atomic mass is 31.0. The predicted octanol–water partition coefficient (Wildman–Crippen LogP) is 10.7. The maximum atomic E-state index is 13.3. The monoisotopic (exact) mass is 496 g/mol. The Morgan fingerprint density at radius 1 is 0.639 bits per heavy atom. The lowest BCUT2D eigenvalue weighted by atomic mass is 9.91. The number of hydrogen-bond donors (Lipinski definition) is 0. The molecule has 4 heteroatoms. The first-order chi connectivity index (χ1) is 17.1. The molecule has 0 radical (unpaired) electrons. The highest BCUT2D eigenvalue weighted by Gasteiger charge is 2.31. The zero-order chi connectivity index (χ0) is 25.4. The smallest absolute Gasteiger partial charge is 0.166 e. The second-order valence-corrected chi connectivity index (χ2v) is 10.9. The Labute approximate surface area is 210 Å². The van der Waals surface area contributed by atoms with Crippen molar-refractivity contribution in [3.63, 3.8) is 0 Å². The van der Waals surface area contributed by atoms with Crippen LogP contribution in [-0.2, 0) is 6.18 Å². The molecule has 6 rings (SSSR count). The third-order valence-corrected chi connectivity index (χ3v) is 8.88. The van der Waals surface area contributed by atoms with E-state index in [1.54, 1.807) is 12.1 Å². The molecule has 0 N–H and O–H groups in total. The van der Waals surface area contributed by atoms with Gasteiger partial charge in [0.1, 0.15) is 0 Å². The second-order valence-electron chi connectivity index (χ2n) is 9.70. The van der Waals surface area contributed by atoms with Crippen molar-refractivity contribution in [2.45, 2.75) is 33.9 Å². The fourth-order valence-electron chi connectivity index (χ4n) is 5.55. The van der Waals surface area contributed by atoms with Crippen molar-refractivity contribution in [1.29, 1.82) is 0 Å². The number of hydrogen-bond acceptors (Lipinski definition) is 0. The summed E-state index contributed by atoms with van der Waals surface area (Å²) >= 11 is 0. The summed E-state index contributed by atoms with van der Waals surface area (Å²) in [5.41, 5.74) is 10.9. The molecule has 0 aliphatic heterocycles. The first-order valence-corrected chi connectivity index (χ1v) is 12.9. The molecule has 0 unspecified atom stereocenters. The van der Waals surface area contributed by atoms with Crippen molar-refractivity contribution < 1.29 is 13.2 Å². The highest BCUT2D eigenvalue weighted by molar-refractivity contribution is 7.38. The fourth-order valence-corrected chi connectivity index (χ4v) is 7.10. The molecule has 1 aliphatic carbocycles. The maximum Gasteiger partial charge on any atom is 0.416 e. The molecular formula is C32H24F3P. The molecule has 5 aromatic rings. The average Bonchev–Trinajstić information content (AvgIpc) is 3.18. The minimum Gasteiger partial charge on any atom is -0.166 e. The van der Waals surface area contributed by atoms with Gasteiger partial charge >= 0.3 is 6.18 Å². The van der Waals surface area contributed by atoms with Crippen molar-refractivity contribution in [3.05, 3.63) is 101 Å². The number of halogens is 3. The van der Waals surface area contributed by atoms with E-state index in [0.29, 0.717) is 0 Å². The summed E-state index contributed by atoms with van der Waals surface area (Å²) in [6, 6.07) is 22.8. The van der Waals surface area contributed by atoms with Gasteiger partial charge in [-0.25, -0.2) is 0 Å². The molecule has 0 atom stereocenters. The van der Waals surface area contributed by atoms with Crippen molar-refractivity contribution in [1.82, 2.24) is 0 Å². The molecule has 0 amide bonds. The van der Waals surface area contributed by atoms with Gasteiger partial charge in [-0.3, -0.25) is 0 Å². The SMILES string of the molecule is Cc1cc(C)c(C)c(-c2cc(-c3ccc(C(F)(F)F)cc3)c3c(p2)-c2cccc4cccc-3c24)c1C. The molecule has 1 aromatic heterocycles. The second kappa shape index (κ2) is 8.05. The van der Waals surface area contributed by atoms with E-state index in [-0.39, 0.29) is 0 Å². The van der Waals surface area contributed by atoms with Gasteiger partial charge in [-0.1, -0.05) is 62.8 Å². The van der Waals surface area contributed by atoms with E-state index in [1.807, 2.05) is 0 Å². The third kappa shape index (κ3) is 3.41. The Bertz CT molecular complexity index is 1660. The minimum atomic E-state index is -4.36. The van der Waals surface area contributed by atoms with Gasteiger partial charge in [0.05, 0.1) is 5.56 Å². The Morgan fingerprint density at radius 2 is 1.25 bits per heavy atom. The first kappa shape index (κ1) is 23.0. The van der Waals surface area contributed by atoms with E-state index in [2.05, 4.69) is 76.2 Å². The Kier molecular flexibility index (Phi) is 5.14. The van der Waals surface area contributed by atoms with Crippen molar-refractivity contribution in [3.8, 4) is 44.0 Å². The molecule has 36 heavy (non-hydrogen) atoms. The summed E-state index contributed by atoms with van der Waals surface area (Å²) < 4.78 is 40.0. The van der Waals surface area contributed by atoms with E-state index in [4.69, 9.17) is 0 Å². The van der Waals surface area contributed by atoms with Crippen LogP contribution in [0.3, 0.4) is 0 Å². The average molecular weight is 497 g/mol. The normalized spacial score (nSPS) is 12.5. The lowest BCUT2D eigenvalue weighted by Gasteiger charge is -2.19. The quantitative estimate of drug-likeness (QED) is 0.224. The first-order valence-electron chi connectivity index (χ1n) is 12.0. The highest BCUT2D eigenvalue weighted by Crippen LogP contribution is 2.57. The zero-order valence-electron chi connectivity index (χ0n) is 20.5. The molecule has 0 saturated heterocycles. The van der Waals surface area contributed by atoms with Crippen LogP contribution in [0.2, 0.25) is 0 Å². The Morgan fingerprint density at radius 3 is 1.86 bits per heavy atom. The van der Waals surface area contributed by atoms with Crippen LogP contribution in [0.25, 0.3) is 54.7 Å². The van der Waals surface area contributed by atoms with Gasteiger partial charge in [0.25, 0.3) is 0 Å². The molecular weight excluding hydrogens is 472 g/mol. The van der Waals surface area contributed by atoms with Crippen LogP contribution >= 0.6 is 8.19 Å². The largest absolute Gasteiger partial charge is 0.416 e. The van der Waals surface area contributed by atoms with Gasteiger partial charge in [-0.05, 0) is 107 Å². The van der Waals surface area contributed by atoms with E-state index in [1.165, 1.54) is 66.9 Å². The number of rotatable bonds is 2. The molecule has 0 spiro atoms. The molecule has 0 saturated carbocycles. The topological polar surface area (TPSA) is 0 Å². The number of aryl methyl sites for hydroxylation is 2. The Balaban J connectivity index is 1.70. The van der Waals surface area contributed by atoms with Crippen molar-refractivity contribution in [2.75, 3.05) is 0 Å². The van der Waals surface area contributed by atoms with E-state index < -0.39 is 11.7 Å². The van der Waals surface area contributed by atoms with Crippen LogP contribution in [-0.4, -0.2) is 0 Å². The third-order valence-electron chi connectivity index (χ3n) is 7.59. The molecule has 0 fully saturated rings. The van der Waals surface area contributed by atoms with Crippen LogP contribution in [0.5, 0.6) is 0 Å². The molecule has 178 valence electrons. The van der Waals surface area contributed by atoms with Crippen LogP contribution in [0, 0.1) is 27.7 Å². The van der Waals surface area contributed by atoms with Crippen LogP contribution < -0.4 is 0 Å². The molecule has 1 aliphatic rings. The Hall–Kier alpha value is -3.42. The molecule has 0 bridgehead atoms. The van der Waals surface area contributed by atoms with Crippen molar-refractivity contribution >= 4 is 19.0 Å². The van der Waals surface area contributed by atoms with Crippen molar-refractivity contribution in [2.24, 2.45) is 0 Å². The number of benzene rings is 4. The summed E-state index contributed by atoms with van der Waals surface area (Å²) in [5.74, 6) is 0. The summed E-state index contributed by atoms with van der Waals surface area (Å²) in [6.07, 6.45) is -4.36. The van der Waals surface area contributed by atoms with Crippen LogP contribution in [0.1, 0.15) is 27.8 Å². The molecule has 1 heterocycles. The number of alkyl halides is 3. The molecule has 0 nitrogen and oxygen atoms in total. The van der Waals surface area contributed by atoms with E-state index in [9.17, 15) is 13.2 Å². The van der Waals surface area contributed by atoms with Gasteiger partial charge < -0.3 is 0 Å². The maximum absolute atomic E-state index is 13.3. The van der Waals surface area contributed by atoms with Gasteiger partial charge in [-0.2, -0.15) is 13.2 Å². The van der Waals surface area contributed by atoms with Gasteiger partial charge in [0.15, 0.2) is 0 Å². The van der Waals surface area contributed by atoms with E-state index in [0.717, 1.165) is 30.4 Å². The van der Waals surface area contributed by atoms with E-state index >= 15 is 0 Å². The van der Waals surface area contributed by atoms with Crippen LogP contribution in [0.4, 0.5) is 13.2 Å². The fraction of sp³-hybridized carbons (Fsp3) is 0.156. The summed E-state index contributed by atoms with van der Waals surface area (Å²) in [6.45, 7) is 8.62. The standard InChI is InChI=1S/C32H24F3P/c1-17-15-18(2)20(4)28(19(17)3)27-16-26(21-11-13-23(14-12-21)32(33,34)35)30-24-9-5-7-22-8-6-10-25(29(22)24)31(30)36-27/h5-16H,1-4H3. The van der Waals surface area contributed by atoms with Gasteiger partial charge in [0, 0.05) is 16.2 Å². The summed E-state index contributed by atoms with van der Waals surface area (Å²) in [4.78, 5) is 0. The lowest BCUT2D eigenvalue weighted by molar-refractivity contribution is -0.137. The minimum absolute atomic E-state index is 0.628. The summed E-state index contributed by atoms with van der Waals surface area (Å²) in [5, 5.41) is 4.83. The van der Waals surface area contributed by atoms with Crippen LogP contribution in [0.15, 0.2) is 72.8 Å². The van der Waals surface area contributed by atoms with Gasteiger partial charge in [-0.15, -0.1) is 0 Å². The summed E-state index contributed by atoms with van der Waals surface area (Å²) in [7, 11) is 1.12. The van der Waals surface area contributed by atoms with Gasteiger partial charge in [0.2, 0.25) is 0 Å². The lowest BCUT2D eigenvalue weighted by Crippen LogP contribution is -2.04. The molecule has 4 aromatic carbocycles. The zero-order valence-corrected chi connectivity index (χ0v) is 21.4. The predicted molar refractivity (Wildman–Crippen MR) is 146 cm³/mol.